The highest BCUT2D eigenvalue weighted by Gasteiger charge is 2.24. The van der Waals surface area contributed by atoms with Crippen LogP contribution in [0.2, 0.25) is 0 Å². The first-order chi connectivity index (χ1) is 11.0. The zero-order valence-electron chi connectivity index (χ0n) is 14.0. The second-order valence-corrected chi connectivity index (χ2v) is 7.02. The smallest absolute Gasteiger partial charge is 0.240 e. The average molecular weight is 333 g/mol. The van der Waals surface area contributed by atoms with E-state index in [4.69, 9.17) is 0 Å². The van der Waals surface area contributed by atoms with Crippen LogP contribution in [0.1, 0.15) is 27.7 Å². The molecule has 2 aromatic rings. The molecule has 1 heterocycles. The van der Waals surface area contributed by atoms with E-state index in [9.17, 15) is 4.79 Å². The van der Waals surface area contributed by atoms with Crippen LogP contribution in [0, 0.1) is 5.92 Å². The zero-order chi connectivity index (χ0) is 16.8. The molecule has 0 N–H and O–H groups in total. The monoisotopic (exact) mass is 333 g/mol. The molecule has 1 aromatic carbocycles. The van der Waals surface area contributed by atoms with Crippen LogP contribution in [0.4, 0.5) is 5.69 Å². The van der Waals surface area contributed by atoms with Gasteiger partial charge in [0, 0.05) is 18.8 Å². The Labute approximate surface area is 141 Å². The third-order valence-electron chi connectivity index (χ3n) is 3.32. The lowest BCUT2D eigenvalue weighted by atomic mass is 10.2. The summed E-state index contributed by atoms with van der Waals surface area (Å²) in [4.78, 5) is 14.5. The van der Waals surface area contributed by atoms with E-state index in [1.165, 1.54) is 11.8 Å². The van der Waals surface area contributed by atoms with Gasteiger partial charge in [-0.2, -0.15) is 0 Å². The molecule has 0 saturated heterocycles. The normalized spacial score (nSPS) is 12.4. The fourth-order valence-corrected chi connectivity index (χ4v) is 3.10. The lowest BCUT2D eigenvalue weighted by molar-refractivity contribution is -0.117. The van der Waals surface area contributed by atoms with E-state index >= 15 is 0 Å². The minimum Gasteiger partial charge on any atom is -0.312 e. The van der Waals surface area contributed by atoms with Gasteiger partial charge in [0.15, 0.2) is 0 Å². The van der Waals surface area contributed by atoms with E-state index in [0.717, 1.165) is 12.2 Å². The molecule has 23 heavy (non-hydrogen) atoms. The van der Waals surface area contributed by atoms with Crippen molar-refractivity contribution in [2.75, 3.05) is 11.4 Å². The number of amides is 1. The van der Waals surface area contributed by atoms with E-state index in [1.54, 1.807) is 9.58 Å². The van der Waals surface area contributed by atoms with Crippen LogP contribution < -0.4 is 4.90 Å². The summed E-state index contributed by atoms with van der Waals surface area (Å²) in [7, 11) is 0. The van der Waals surface area contributed by atoms with Gasteiger partial charge in [0.05, 0.1) is 5.25 Å². The molecule has 0 aliphatic rings. The molecule has 0 aliphatic carbocycles. The molecule has 0 radical (unpaired) electrons. The minimum atomic E-state index is -0.257. The topological polar surface area (TPSA) is 63.9 Å². The van der Waals surface area contributed by atoms with Crippen LogP contribution in [-0.4, -0.2) is 37.9 Å². The number of benzene rings is 1. The number of thioether (sulfide) groups is 1. The molecule has 0 spiro atoms. The highest BCUT2D eigenvalue weighted by molar-refractivity contribution is 8.00. The Kier molecular flexibility index (Phi) is 6.15. The predicted molar refractivity (Wildman–Crippen MR) is 92.4 cm³/mol. The number of anilines is 1. The summed E-state index contributed by atoms with van der Waals surface area (Å²) >= 11 is 1.40. The van der Waals surface area contributed by atoms with Crippen molar-refractivity contribution in [1.82, 2.24) is 20.2 Å². The molecular formula is C16H23N5OS. The molecule has 1 amide bonds. The highest BCUT2D eigenvalue weighted by Crippen LogP contribution is 2.24. The van der Waals surface area contributed by atoms with E-state index in [0.29, 0.717) is 17.6 Å². The van der Waals surface area contributed by atoms with Gasteiger partial charge in [-0.05, 0) is 42.3 Å². The van der Waals surface area contributed by atoms with Crippen LogP contribution in [0.25, 0.3) is 0 Å². The second kappa shape index (κ2) is 8.10. The zero-order valence-corrected chi connectivity index (χ0v) is 14.8. The van der Waals surface area contributed by atoms with Gasteiger partial charge >= 0.3 is 0 Å². The minimum absolute atomic E-state index is 0.0581. The van der Waals surface area contributed by atoms with Gasteiger partial charge in [-0.3, -0.25) is 4.79 Å². The van der Waals surface area contributed by atoms with Crippen LogP contribution in [0.15, 0.2) is 35.5 Å². The van der Waals surface area contributed by atoms with Crippen LogP contribution in [-0.2, 0) is 11.3 Å². The number of para-hydroxylation sites is 1. The maximum absolute atomic E-state index is 12.8. The Balaban J connectivity index is 2.09. The molecule has 6 nitrogen and oxygen atoms in total. The van der Waals surface area contributed by atoms with E-state index in [2.05, 4.69) is 29.4 Å². The lowest BCUT2D eigenvalue weighted by Crippen LogP contribution is -2.36. The van der Waals surface area contributed by atoms with Gasteiger partial charge in [-0.15, -0.1) is 5.10 Å². The van der Waals surface area contributed by atoms with Gasteiger partial charge < -0.3 is 4.90 Å². The molecule has 2 rings (SSSR count). The Morgan fingerprint density at radius 3 is 2.57 bits per heavy atom. The van der Waals surface area contributed by atoms with Crippen molar-refractivity contribution in [1.29, 1.82) is 0 Å². The summed E-state index contributed by atoms with van der Waals surface area (Å²) in [6.07, 6.45) is 0. The summed E-state index contributed by atoms with van der Waals surface area (Å²) in [6.45, 7) is 9.47. The average Bonchev–Trinajstić information content (AvgIpc) is 2.95. The molecule has 0 aliphatic heterocycles. The molecule has 124 valence electrons. The summed E-state index contributed by atoms with van der Waals surface area (Å²) in [6, 6.07) is 9.71. The summed E-state index contributed by atoms with van der Waals surface area (Å²) in [5.74, 6) is 0.503. The molecule has 1 aromatic heterocycles. The van der Waals surface area contributed by atoms with Crippen molar-refractivity contribution < 1.29 is 4.79 Å². The fraction of sp³-hybridized carbons (Fsp3) is 0.500. The number of hydrogen-bond acceptors (Lipinski definition) is 5. The largest absolute Gasteiger partial charge is 0.312 e. The Hall–Kier alpha value is -1.89. The summed E-state index contributed by atoms with van der Waals surface area (Å²) in [5, 5.41) is 12.2. The molecule has 7 heteroatoms. The van der Waals surface area contributed by atoms with Gasteiger partial charge in [0.25, 0.3) is 0 Å². The molecular weight excluding hydrogens is 310 g/mol. The van der Waals surface area contributed by atoms with Gasteiger partial charge in [0.1, 0.15) is 0 Å². The number of hydrogen-bond donors (Lipinski definition) is 0. The van der Waals surface area contributed by atoms with Crippen molar-refractivity contribution in [2.45, 2.75) is 44.6 Å². The summed E-state index contributed by atoms with van der Waals surface area (Å²) in [5.41, 5.74) is 0.911. The Morgan fingerprint density at radius 2 is 1.96 bits per heavy atom. The van der Waals surface area contributed by atoms with Crippen molar-refractivity contribution in [3.8, 4) is 0 Å². The molecule has 0 fully saturated rings. The van der Waals surface area contributed by atoms with Gasteiger partial charge in [-0.1, -0.05) is 43.8 Å². The van der Waals surface area contributed by atoms with Crippen LogP contribution in [0.5, 0.6) is 0 Å². The first kappa shape index (κ1) is 17.5. The number of tetrazole rings is 1. The van der Waals surface area contributed by atoms with E-state index in [-0.39, 0.29) is 11.2 Å². The standard InChI is InChI=1S/C16H23N5OS/c1-5-20(14-9-7-6-8-10-14)15(22)13(4)23-16-17-18-19-21(16)11-12(2)3/h6-10,12-13H,5,11H2,1-4H3. The lowest BCUT2D eigenvalue weighted by Gasteiger charge is -2.24. The third kappa shape index (κ3) is 4.54. The number of carbonyl (C=O) groups is 1. The maximum Gasteiger partial charge on any atom is 0.240 e. The van der Waals surface area contributed by atoms with E-state index in [1.807, 2.05) is 44.2 Å². The summed E-state index contributed by atoms with van der Waals surface area (Å²) < 4.78 is 1.76. The van der Waals surface area contributed by atoms with E-state index < -0.39 is 0 Å². The highest BCUT2D eigenvalue weighted by atomic mass is 32.2. The van der Waals surface area contributed by atoms with Crippen molar-refractivity contribution in [3.63, 3.8) is 0 Å². The quantitative estimate of drug-likeness (QED) is 0.729. The fourth-order valence-electron chi connectivity index (χ4n) is 2.24. The van der Waals surface area contributed by atoms with Crippen LogP contribution in [0.3, 0.4) is 0 Å². The SMILES string of the molecule is CCN(C(=O)C(C)Sc1nnnn1CC(C)C)c1ccccc1. The first-order valence-electron chi connectivity index (χ1n) is 7.82. The van der Waals surface area contributed by atoms with Crippen LogP contribution >= 0.6 is 11.8 Å². The number of nitrogens with zero attached hydrogens (tertiary/aromatic N) is 5. The predicted octanol–water partition coefficient (Wildman–Crippen LogP) is 2.86. The van der Waals surface area contributed by atoms with Crippen molar-refractivity contribution in [2.24, 2.45) is 5.92 Å². The molecule has 0 saturated carbocycles. The molecule has 0 bridgehead atoms. The first-order valence-corrected chi connectivity index (χ1v) is 8.70. The van der Waals surface area contributed by atoms with Gasteiger partial charge in [0.2, 0.25) is 11.1 Å². The van der Waals surface area contributed by atoms with Crippen molar-refractivity contribution in [3.05, 3.63) is 30.3 Å². The Morgan fingerprint density at radius 1 is 1.26 bits per heavy atom. The number of aromatic nitrogens is 4. The molecule has 1 atom stereocenters. The maximum atomic E-state index is 12.8. The number of rotatable bonds is 7. The third-order valence-corrected chi connectivity index (χ3v) is 4.38. The Bertz CT molecular complexity index is 628. The van der Waals surface area contributed by atoms with Crippen molar-refractivity contribution >= 4 is 23.4 Å². The number of carbonyl (C=O) groups excluding carboxylic acids is 1. The second-order valence-electron chi connectivity index (χ2n) is 5.72. The molecule has 1 unspecified atom stereocenters. The van der Waals surface area contributed by atoms with Gasteiger partial charge in [-0.25, -0.2) is 4.68 Å².